The average Bonchev–Trinajstić information content (AvgIpc) is 3.48. The first-order valence-corrected chi connectivity index (χ1v) is 16.2. The van der Waals surface area contributed by atoms with Crippen LogP contribution in [0.15, 0.2) is 72.9 Å². The van der Waals surface area contributed by atoms with Gasteiger partial charge in [-0.25, -0.2) is 22.5 Å². The number of hydrogen-bond acceptors (Lipinski definition) is 7. The van der Waals surface area contributed by atoms with Crippen LogP contribution in [0.2, 0.25) is 0 Å². The number of methoxy groups -OCH3 is 1. The Kier molecular flexibility index (Phi) is 10.6. The van der Waals surface area contributed by atoms with Gasteiger partial charge in [0, 0.05) is 64.3 Å². The standard InChI is InChI=1S/C37H34F5N5O5/c1-44(36(48)27-18-28(38)35(50-3)34(42)33(27)41)24-7-11-32(43-19-24)52-26-10-6-23-16-30(45(2)29(23)17-26)37(49)47-14-12-46(13-15-47)20-22-4-8-25(9-5-22)51-21-31(39)40/h4-11,16-19,31H,12-15,20-21H2,1-3H3. The molecule has 5 aromatic rings. The van der Waals surface area contributed by atoms with Crippen LogP contribution in [0.1, 0.15) is 26.4 Å². The highest BCUT2D eigenvalue weighted by molar-refractivity contribution is 6.06. The number of amides is 2. The second kappa shape index (κ2) is 15.3. The van der Waals surface area contributed by atoms with Crippen molar-refractivity contribution in [2.45, 2.75) is 13.0 Å². The Balaban J connectivity index is 1.06. The number of nitrogens with zero attached hydrogens (tertiary/aromatic N) is 5. The molecule has 1 fully saturated rings. The van der Waals surface area contributed by atoms with Gasteiger partial charge in [-0.1, -0.05) is 12.1 Å². The first-order valence-electron chi connectivity index (χ1n) is 16.2. The van der Waals surface area contributed by atoms with Crippen molar-refractivity contribution < 1.29 is 45.8 Å². The van der Waals surface area contributed by atoms with Crippen molar-refractivity contribution in [1.29, 1.82) is 0 Å². The maximum atomic E-state index is 14.5. The Hall–Kier alpha value is -5.70. The Labute approximate surface area is 295 Å². The number of aromatic nitrogens is 2. The minimum absolute atomic E-state index is 0.0997. The van der Waals surface area contributed by atoms with Gasteiger partial charge >= 0.3 is 0 Å². The number of halogens is 5. The van der Waals surface area contributed by atoms with Crippen molar-refractivity contribution in [2.24, 2.45) is 7.05 Å². The van der Waals surface area contributed by atoms with E-state index in [2.05, 4.69) is 14.6 Å². The highest BCUT2D eigenvalue weighted by Gasteiger charge is 2.27. The third kappa shape index (κ3) is 7.64. The molecular formula is C37H34F5N5O5. The summed E-state index contributed by atoms with van der Waals surface area (Å²) in [5, 5.41) is 0.833. The lowest BCUT2D eigenvalue weighted by molar-refractivity contribution is 0.0619. The van der Waals surface area contributed by atoms with E-state index in [9.17, 15) is 31.5 Å². The number of carbonyl (C=O) groups is 2. The number of aryl methyl sites for hydroxylation is 1. The predicted molar refractivity (Wildman–Crippen MR) is 182 cm³/mol. The van der Waals surface area contributed by atoms with E-state index in [1.54, 1.807) is 35.9 Å². The normalized spacial score (nSPS) is 13.4. The van der Waals surface area contributed by atoms with Gasteiger partial charge in [0.15, 0.2) is 17.4 Å². The van der Waals surface area contributed by atoms with E-state index in [0.29, 0.717) is 56.0 Å². The third-order valence-electron chi connectivity index (χ3n) is 8.79. The SMILES string of the molecule is COc1c(F)cc(C(=O)N(C)c2ccc(Oc3ccc4cc(C(=O)N5CCN(Cc6ccc(OCC(F)F)cc6)CC5)n(C)c4c3)nc2)c(F)c1F. The average molecular weight is 724 g/mol. The van der Waals surface area contributed by atoms with Gasteiger partial charge < -0.3 is 28.6 Å². The molecule has 2 aromatic heterocycles. The number of anilines is 1. The maximum absolute atomic E-state index is 14.5. The molecule has 10 nitrogen and oxygen atoms in total. The molecule has 0 radical (unpaired) electrons. The summed E-state index contributed by atoms with van der Waals surface area (Å²) in [6, 6.07) is 17.7. The summed E-state index contributed by atoms with van der Waals surface area (Å²) in [4.78, 5) is 35.7. The van der Waals surface area contributed by atoms with Crippen molar-refractivity contribution in [1.82, 2.24) is 19.4 Å². The predicted octanol–water partition coefficient (Wildman–Crippen LogP) is 6.67. The molecule has 52 heavy (non-hydrogen) atoms. The van der Waals surface area contributed by atoms with Crippen molar-refractivity contribution in [2.75, 3.05) is 51.8 Å². The van der Waals surface area contributed by atoms with Gasteiger partial charge in [-0.2, -0.15) is 4.39 Å². The fourth-order valence-corrected chi connectivity index (χ4v) is 5.93. The quantitative estimate of drug-likeness (QED) is 0.111. The molecule has 3 aromatic carbocycles. The van der Waals surface area contributed by atoms with Crippen LogP contribution in [0.3, 0.4) is 0 Å². The molecular weight excluding hydrogens is 689 g/mol. The topological polar surface area (TPSA) is 89.4 Å². The molecule has 0 aliphatic carbocycles. The van der Waals surface area contributed by atoms with Crippen LogP contribution < -0.4 is 19.1 Å². The number of fused-ring (bicyclic) bond motifs is 1. The van der Waals surface area contributed by atoms with E-state index in [-0.39, 0.29) is 17.5 Å². The summed E-state index contributed by atoms with van der Waals surface area (Å²) in [5.74, 6) is -5.38. The molecule has 15 heteroatoms. The fourth-order valence-electron chi connectivity index (χ4n) is 5.93. The minimum atomic E-state index is -2.53. The molecule has 0 N–H and O–H groups in total. The van der Waals surface area contributed by atoms with Crippen LogP contribution in [-0.4, -0.2) is 84.5 Å². The van der Waals surface area contributed by atoms with Crippen molar-refractivity contribution in [3.63, 3.8) is 0 Å². The number of benzene rings is 3. The molecule has 0 unspecified atom stereocenters. The Bertz CT molecular complexity index is 2080. The second-order valence-electron chi connectivity index (χ2n) is 12.1. The Morgan fingerprint density at radius 2 is 1.62 bits per heavy atom. The number of hydrogen-bond donors (Lipinski definition) is 0. The zero-order chi connectivity index (χ0) is 37.1. The highest BCUT2D eigenvalue weighted by Crippen LogP contribution is 2.30. The lowest BCUT2D eigenvalue weighted by atomic mass is 10.1. The zero-order valence-electron chi connectivity index (χ0n) is 28.4. The molecule has 6 rings (SSSR count). The molecule has 1 aliphatic heterocycles. The molecule has 0 spiro atoms. The maximum Gasteiger partial charge on any atom is 0.272 e. The van der Waals surface area contributed by atoms with Crippen LogP contribution in [0, 0.1) is 17.5 Å². The summed E-state index contributed by atoms with van der Waals surface area (Å²) in [7, 11) is 4.09. The molecule has 0 atom stereocenters. The van der Waals surface area contributed by atoms with Gasteiger partial charge in [0.2, 0.25) is 11.7 Å². The fraction of sp³-hybridized carbons (Fsp3) is 0.270. The Morgan fingerprint density at radius 1 is 0.904 bits per heavy atom. The Morgan fingerprint density at radius 3 is 2.27 bits per heavy atom. The van der Waals surface area contributed by atoms with Gasteiger partial charge in [0.05, 0.1) is 30.1 Å². The molecule has 0 saturated carbocycles. The molecule has 2 amide bonds. The number of ether oxygens (including phenoxy) is 3. The molecule has 0 bridgehead atoms. The van der Waals surface area contributed by atoms with Crippen LogP contribution in [0.5, 0.6) is 23.1 Å². The zero-order valence-corrected chi connectivity index (χ0v) is 28.4. The van der Waals surface area contributed by atoms with Crippen LogP contribution in [0.25, 0.3) is 10.9 Å². The molecule has 1 aliphatic rings. The van der Waals surface area contributed by atoms with Crippen LogP contribution in [-0.2, 0) is 13.6 Å². The van der Waals surface area contributed by atoms with Crippen molar-refractivity contribution >= 4 is 28.4 Å². The van der Waals surface area contributed by atoms with E-state index in [1.807, 2.05) is 29.2 Å². The van der Waals surface area contributed by atoms with Gasteiger partial charge in [-0.3, -0.25) is 14.5 Å². The lowest BCUT2D eigenvalue weighted by Gasteiger charge is -2.34. The number of carbonyl (C=O) groups excluding carboxylic acids is 2. The van der Waals surface area contributed by atoms with Gasteiger partial charge in [0.1, 0.15) is 23.8 Å². The van der Waals surface area contributed by atoms with Crippen LogP contribution in [0.4, 0.5) is 27.6 Å². The monoisotopic (exact) mass is 723 g/mol. The van der Waals surface area contributed by atoms with Crippen molar-refractivity contribution in [3.05, 3.63) is 107 Å². The van der Waals surface area contributed by atoms with Crippen LogP contribution >= 0.6 is 0 Å². The highest BCUT2D eigenvalue weighted by atomic mass is 19.3. The van der Waals surface area contributed by atoms with E-state index >= 15 is 0 Å². The first-order chi connectivity index (χ1) is 24.9. The van der Waals surface area contributed by atoms with Gasteiger partial charge in [-0.15, -0.1) is 0 Å². The largest absolute Gasteiger partial charge is 0.491 e. The minimum Gasteiger partial charge on any atom is -0.491 e. The summed E-state index contributed by atoms with van der Waals surface area (Å²) < 4.78 is 85.0. The summed E-state index contributed by atoms with van der Waals surface area (Å²) in [5.41, 5.74) is 1.69. The van der Waals surface area contributed by atoms with E-state index in [4.69, 9.17) is 9.47 Å². The van der Waals surface area contributed by atoms with Gasteiger partial charge in [-0.05, 0) is 48.0 Å². The summed E-state index contributed by atoms with van der Waals surface area (Å²) in [6.07, 6.45) is -1.24. The molecule has 1 saturated heterocycles. The van der Waals surface area contributed by atoms with E-state index < -0.39 is 47.7 Å². The van der Waals surface area contributed by atoms with E-state index in [0.717, 1.165) is 28.5 Å². The summed E-state index contributed by atoms with van der Waals surface area (Å²) >= 11 is 0. The first kappa shape index (κ1) is 36.1. The second-order valence-corrected chi connectivity index (χ2v) is 12.1. The number of piperazine rings is 1. The van der Waals surface area contributed by atoms with Crippen molar-refractivity contribution in [3.8, 4) is 23.1 Å². The number of alkyl halides is 2. The van der Waals surface area contributed by atoms with Gasteiger partial charge in [0.25, 0.3) is 18.2 Å². The molecule has 3 heterocycles. The summed E-state index contributed by atoms with van der Waals surface area (Å²) in [6.45, 7) is 2.43. The smallest absolute Gasteiger partial charge is 0.272 e. The lowest BCUT2D eigenvalue weighted by Crippen LogP contribution is -2.48. The molecule has 272 valence electrons. The van der Waals surface area contributed by atoms with E-state index in [1.165, 1.54) is 25.4 Å². The third-order valence-corrected chi connectivity index (χ3v) is 8.79. The number of pyridine rings is 1. The number of rotatable bonds is 11.